The van der Waals surface area contributed by atoms with Gasteiger partial charge >= 0.3 is 0 Å². The molecule has 1 aromatic rings. The molecule has 1 fully saturated rings. The zero-order valence-electron chi connectivity index (χ0n) is 8.67. The SMILES string of the molecule is CC1COCCC1c1cc(F)ccc1F. The van der Waals surface area contributed by atoms with Gasteiger partial charge < -0.3 is 4.74 Å². The molecule has 2 atom stereocenters. The first kappa shape index (κ1) is 10.6. The van der Waals surface area contributed by atoms with Crippen LogP contribution in [0.3, 0.4) is 0 Å². The standard InChI is InChI=1S/C12H14F2O/c1-8-7-15-5-4-10(8)11-6-9(13)2-3-12(11)14/h2-3,6,8,10H,4-5,7H2,1H3. The first-order chi connectivity index (χ1) is 7.18. The van der Waals surface area contributed by atoms with Gasteiger partial charge in [-0.1, -0.05) is 6.92 Å². The Kier molecular flexibility index (Phi) is 3.00. The van der Waals surface area contributed by atoms with Crippen molar-refractivity contribution in [2.45, 2.75) is 19.3 Å². The molecule has 0 spiro atoms. The average Bonchev–Trinajstić information content (AvgIpc) is 2.23. The van der Waals surface area contributed by atoms with Gasteiger partial charge in [-0.05, 0) is 42.0 Å². The Labute approximate surface area is 88.1 Å². The van der Waals surface area contributed by atoms with Crippen molar-refractivity contribution >= 4 is 0 Å². The molecule has 1 nitrogen and oxygen atoms in total. The van der Waals surface area contributed by atoms with Crippen molar-refractivity contribution in [3.05, 3.63) is 35.4 Å². The molecular weight excluding hydrogens is 198 g/mol. The van der Waals surface area contributed by atoms with Crippen molar-refractivity contribution in [3.8, 4) is 0 Å². The largest absolute Gasteiger partial charge is 0.381 e. The van der Waals surface area contributed by atoms with E-state index in [1.165, 1.54) is 12.1 Å². The number of rotatable bonds is 1. The van der Waals surface area contributed by atoms with E-state index >= 15 is 0 Å². The van der Waals surface area contributed by atoms with Crippen molar-refractivity contribution in [3.63, 3.8) is 0 Å². The lowest BCUT2D eigenvalue weighted by Gasteiger charge is -2.29. The Morgan fingerprint density at radius 2 is 2.13 bits per heavy atom. The minimum absolute atomic E-state index is 0.0782. The summed E-state index contributed by atoms with van der Waals surface area (Å²) < 4.78 is 31.8. The maximum Gasteiger partial charge on any atom is 0.126 e. The summed E-state index contributed by atoms with van der Waals surface area (Å²) in [6.45, 7) is 3.26. The van der Waals surface area contributed by atoms with Crippen molar-refractivity contribution in [2.75, 3.05) is 13.2 Å². The fraction of sp³-hybridized carbons (Fsp3) is 0.500. The average molecular weight is 212 g/mol. The molecular formula is C12H14F2O. The van der Waals surface area contributed by atoms with Crippen molar-refractivity contribution in [1.82, 2.24) is 0 Å². The summed E-state index contributed by atoms with van der Waals surface area (Å²) in [5.41, 5.74) is 0.491. The van der Waals surface area contributed by atoms with Gasteiger partial charge in [0.05, 0.1) is 0 Å². The highest BCUT2D eigenvalue weighted by Gasteiger charge is 2.26. The van der Waals surface area contributed by atoms with E-state index in [-0.39, 0.29) is 23.5 Å². The van der Waals surface area contributed by atoms with Crippen LogP contribution in [0.2, 0.25) is 0 Å². The predicted octanol–water partition coefficient (Wildman–Crippen LogP) is 3.10. The minimum atomic E-state index is -0.370. The molecule has 2 rings (SSSR count). The maximum atomic E-state index is 13.5. The zero-order valence-corrected chi connectivity index (χ0v) is 8.67. The van der Waals surface area contributed by atoms with Crippen LogP contribution in [-0.2, 0) is 4.74 Å². The first-order valence-corrected chi connectivity index (χ1v) is 5.21. The molecule has 0 N–H and O–H groups in total. The zero-order chi connectivity index (χ0) is 10.8. The van der Waals surface area contributed by atoms with E-state index < -0.39 is 0 Å². The lowest BCUT2D eigenvalue weighted by atomic mass is 9.83. The minimum Gasteiger partial charge on any atom is -0.381 e. The lowest BCUT2D eigenvalue weighted by Crippen LogP contribution is -2.24. The summed E-state index contributed by atoms with van der Waals surface area (Å²) >= 11 is 0. The molecule has 1 heterocycles. The number of benzene rings is 1. The molecule has 82 valence electrons. The summed E-state index contributed by atoms with van der Waals surface area (Å²) in [7, 11) is 0. The molecule has 15 heavy (non-hydrogen) atoms. The van der Waals surface area contributed by atoms with Crippen LogP contribution >= 0.6 is 0 Å². The third-order valence-corrected chi connectivity index (χ3v) is 3.00. The second-order valence-electron chi connectivity index (χ2n) is 4.11. The Bertz CT molecular complexity index is 351. The van der Waals surface area contributed by atoms with E-state index in [4.69, 9.17) is 4.74 Å². The van der Waals surface area contributed by atoms with Gasteiger partial charge in [-0.2, -0.15) is 0 Å². The van der Waals surface area contributed by atoms with Crippen LogP contribution in [0.4, 0.5) is 8.78 Å². The van der Waals surface area contributed by atoms with E-state index in [0.717, 1.165) is 12.5 Å². The van der Waals surface area contributed by atoms with Gasteiger partial charge in [0.1, 0.15) is 11.6 Å². The molecule has 2 unspecified atom stereocenters. The molecule has 0 bridgehead atoms. The fourth-order valence-electron chi connectivity index (χ4n) is 2.14. The lowest BCUT2D eigenvalue weighted by molar-refractivity contribution is 0.0464. The molecule has 0 radical (unpaired) electrons. The summed E-state index contributed by atoms with van der Waals surface area (Å²) in [5, 5.41) is 0. The van der Waals surface area contributed by atoms with E-state index in [0.29, 0.717) is 18.8 Å². The third-order valence-electron chi connectivity index (χ3n) is 3.00. The maximum absolute atomic E-state index is 13.5. The fourth-order valence-corrected chi connectivity index (χ4v) is 2.14. The van der Waals surface area contributed by atoms with Crippen molar-refractivity contribution < 1.29 is 13.5 Å². The molecule has 0 amide bonds. The van der Waals surface area contributed by atoms with Crippen LogP contribution in [-0.4, -0.2) is 13.2 Å². The quantitative estimate of drug-likeness (QED) is 0.695. The molecule has 1 aromatic carbocycles. The van der Waals surface area contributed by atoms with Gasteiger partial charge in [-0.15, -0.1) is 0 Å². The molecule has 1 saturated heterocycles. The third kappa shape index (κ3) is 2.17. The predicted molar refractivity (Wildman–Crippen MR) is 53.7 cm³/mol. The Morgan fingerprint density at radius 3 is 2.87 bits per heavy atom. The molecule has 1 aliphatic rings. The Balaban J connectivity index is 2.30. The van der Waals surface area contributed by atoms with E-state index in [1.54, 1.807) is 0 Å². The van der Waals surface area contributed by atoms with Crippen LogP contribution in [0.1, 0.15) is 24.8 Å². The van der Waals surface area contributed by atoms with Crippen LogP contribution < -0.4 is 0 Å². The molecule has 0 aliphatic carbocycles. The topological polar surface area (TPSA) is 9.23 Å². The van der Waals surface area contributed by atoms with Gasteiger partial charge in [0.15, 0.2) is 0 Å². The smallest absolute Gasteiger partial charge is 0.126 e. The monoisotopic (exact) mass is 212 g/mol. The normalized spacial score (nSPS) is 26.6. The first-order valence-electron chi connectivity index (χ1n) is 5.21. The number of halogens is 2. The number of hydrogen-bond acceptors (Lipinski definition) is 1. The van der Waals surface area contributed by atoms with Gasteiger partial charge in [0.2, 0.25) is 0 Å². The molecule has 0 aromatic heterocycles. The Morgan fingerprint density at radius 1 is 1.33 bits per heavy atom. The van der Waals surface area contributed by atoms with E-state index in [9.17, 15) is 8.78 Å². The van der Waals surface area contributed by atoms with Crippen LogP contribution in [0.5, 0.6) is 0 Å². The highest BCUT2D eigenvalue weighted by atomic mass is 19.1. The van der Waals surface area contributed by atoms with Gasteiger partial charge in [-0.3, -0.25) is 0 Å². The van der Waals surface area contributed by atoms with Crippen molar-refractivity contribution in [2.24, 2.45) is 5.92 Å². The van der Waals surface area contributed by atoms with Gasteiger partial charge in [0.25, 0.3) is 0 Å². The second kappa shape index (κ2) is 4.27. The van der Waals surface area contributed by atoms with Crippen LogP contribution in [0.25, 0.3) is 0 Å². The van der Waals surface area contributed by atoms with Gasteiger partial charge in [-0.25, -0.2) is 8.78 Å². The van der Waals surface area contributed by atoms with Crippen LogP contribution in [0.15, 0.2) is 18.2 Å². The highest BCUT2D eigenvalue weighted by Crippen LogP contribution is 2.33. The summed E-state index contributed by atoms with van der Waals surface area (Å²) in [6, 6.07) is 3.66. The summed E-state index contributed by atoms with van der Waals surface area (Å²) in [6.07, 6.45) is 0.765. The molecule has 1 aliphatic heterocycles. The van der Waals surface area contributed by atoms with Crippen LogP contribution in [0, 0.1) is 17.6 Å². The Hall–Kier alpha value is -0.960. The van der Waals surface area contributed by atoms with E-state index in [2.05, 4.69) is 0 Å². The summed E-state index contributed by atoms with van der Waals surface area (Å²) in [5.74, 6) is -0.357. The highest BCUT2D eigenvalue weighted by molar-refractivity contribution is 5.23. The number of ether oxygens (including phenoxy) is 1. The molecule has 3 heteroatoms. The number of hydrogen-bond donors (Lipinski definition) is 0. The second-order valence-corrected chi connectivity index (χ2v) is 4.11. The van der Waals surface area contributed by atoms with Crippen molar-refractivity contribution in [1.29, 1.82) is 0 Å². The molecule has 0 saturated carbocycles. The van der Waals surface area contributed by atoms with Gasteiger partial charge in [0, 0.05) is 13.2 Å². The summed E-state index contributed by atoms with van der Waals surface area (Å²) in [4.78, 5) is 0. The van der Waals surface area contributed by atoms with E-state index in [1.807, 2.05) is 6.92 Å².